The molecule has 5 aromatic rings. The summed E-state index contributed by atoms with van der Waals surface area (Å²) in [6.45, 7) is 3.06. The average molecular weight is 534 g/mol. The Morgan fingerprint density at radius 1 is 1.08 bits per heavy atom. The first-order chi connectivity index (χ1) is 18.3. The number of benzene rings is 2. The van der Waals surface area contributed by atoms with E-state index in [0.29, 0.717) is 35.2 Å². The number of ether oxygens (including phenoxy) is 1. The summed E-state index contributed by atoms with van der Waals surface area (Å²) in [5, 5.41) is 8.87. The van der Waals surface area contributed by atoms with Gasteiger partial charge in [0.1, 0.15) is 5.82 Å². The van der Waals surface area contributed by atoms with Crippen molar-refractivity contribution in [3.8, 4) is 11.3 Å². The van der Waals surface area contributed by atoms with Crippen LogP contribution in [0.15, 0.2) is 59.6 Å². The lowest BCUT2D eigenvalue weighted by molar-refractivity contribution is 0.0548. The quantitative estimate of drug-likeness (QED) is 0.321. The molecule has 1 unspecified atom stereocenters. The van der Waals surface area contributed by atoms with E-state index in [4.69, 9.17) is 9.72 Å². The maximum Gasteiger partial charge on any atom is 0.176 e. The summed E-state index contributed by atoms with van der Waals surface area (Å²) in [7, 11) is -1.75. The molecule has 1 saturated heterocycles. The maximum atomic E-state index is 15.5. The summed E-state index contributed by atoms with van der Waals surface area (Å²) in [4.78, 5) is 5.02. The van der Waals surface area contributed by atoms with Crippen LogP contribution in [-0.4, -0.2) is 52.4 Å². The van der Waals surface area contributed by atoms with Gasteiger partial charge in [0, 0.05) is 49.2 Å². The summed E-state index contributed by atoms with van der Waals surface area (Å²) in [6, 6.07) is 13.7. The van der Waals surface area contributed by atoms with E-state index in [0.717, 1.165) is 35.3 Å². The predicted molar refractivity (Wildman–Crippen MR) is 143 cm³/mol. The molecule has 0 radical (unpaired) electrons. The van der Waals surface area contributed by atoms with Gasteiger partial charge in [-0.1, -0.05) is 29.5 Å². The smallest absolute Gasteiger partial charge is 0.176 e. The lowest BCUT2D eigenvalue weighted by Gasteiger charge is -2.33. The van der Waals surface area contributed by atoms with Crippen molar-refractivity contribution in [3.05, 3.63) is 71.8 Å². The van der Waals surface area contributed by atoms with Crippen molar-refractivity contribution < 1.29 is 17.5 Å². The van der Waals surface area contributed by atoms with Crippen molar-refractivity contribution in [3.63, 3.8) is 0 Å². The first-order valence-corrected chi connectivity index (χ1v) is 14.5. The number of pyridine rings is 1. The molecule has 6 rings (SSSR count). The van der Waals surface area contributed by atoms with Crippen LogP contribution < -0.4 is 0 Å². The number of rotatable bonds is 5. The number of aryl methyl sites for hydroxylation is 2. The molecule has 38 heavy (non-hydrogen) atoms. The maximum absolute atomic E-state index is 15.5. The summed E-state index contributed by atoms with van der Waals surface area (Å²) in [5.74, 6) is -0.223. The van der Waals surface area contributed by atoms with E-state index in [2.05, 4.69) is 14.9 Å². The second-order valence-electron chi connectivity index (χ2n) is 9.95. The van der Waals surface area contributed by atoms with Gasteiger partial charge in [-0.15, -0.1) is 5.10 Å². The molecule has 4 heterocycles. The highest BCUT2D eigenvalue weighted by molar-refractivity contribution is 7.91. The van der Waals surface area contributed by atoms with Crippen molar-refractivity contribution >= 4 is 31.8 Å². The number of hydrogen-bond acceptors (Lipinski definition) is 6. The molecule has 0 N–H and O–H groups in total. The van der Waals surface area contributed by atoms with E-state index in [1.54, 1.807) is 29.1 Å². The van der Waals surface area contributed by atoms with Crippen molar-refractivity contribution in [2.75, 3.05) is 19.5 Å². The monoisotopic (exact) mass is 533 g/mol. The lowest BCUT2D eigenvalue weighted by Crippen LogP contribution is -2.27. The van der Waals surface area contributed by atoms with Crippen LogP contribution in [0.5, 0.6) is 0 Å². The second-order valence-corrected chi connectivity index (χ2v) is 11.9. The fourth-order valence-corrected chi connectivity index (χ4v) is 6.76. The predicted octanol–water partition coefficient (Wildman–Crippen LogP) is 4.85. The SMILES string of the molecule is Cc1nnn(C)c1-c1cnc2c3c(S(C)(=O)=O)cccc3n(C(c3ccccc3F)C3CCOCC3)c2c1. The van der Waals surface area contributed by atoms with E-state index in [-0.39, 0.29) is 16.6 Å². The van der Waals surface area contributed by atoms with Crippen LogP contribution in [0.25, 0.3) is 33.2 Å². The topological polar surface area (TPSA) is 91.9 Å². The number of sulfone groups is 1. The highest BCUT2D eigenvalue weighted by Crippen LogP contribution is 2.43. The molecule has 2 aromatic carbocycles. The van der Waals surface area contributed by atoms with E-state index in [1.165, 1.54) is 12.3 Å². The summed E-state index contributed by atoms with van der Waals surface area (Å²) < 4.78 is 50.7. The Balaban J connectivity index is 1.75. The van der Waals surface area contributed by atoms with Crippen LogP contribution in [-0.2, 0) is 21.6 Å². The van der Waals surface area contributed by atoms with Gasteiger partial charge >= 0.3 is 0 Å². The number of fused-ring (bicyclic) bond motifs is 3. The second kappa shape index (κ2) is 9.28. The van der Waals surface area contributed by atoms with Crippen LogP contribution in [0.4, 0.5) is 4.39 Å². The molecule has 0 bridgehead atoms. The largest absolute Gasteiger partial charge is 0.381 e. The Hall–Kier alpha value is -3.63. The van der Waals surface area contributed by atoms with Gasteiger partial charge in [0.2, 0.25) is 0 Å². The fraction of sp³-hybridized carbons (Fsp3) is 0.321. The van der Waals surface area contributed by atoms with Crippen molar-refractivity contribution in [2.24, 2.45) is 13.0 Å². The van der Waals surface area contributed by atoms with Crippen LogP contribution in [0, 0.1) is 18.7 Å². The molecule has 1 aliphatic rings. The van der Waals surface area contributed by atoms with Crippen molar-refractivity contribution in [2.45, 2.75) is 30.7 Å². The van der Waals surface area contributed by atoms with E-state index < -0.39 is 15.9 Å². The van der Waals surface area contributed by atoms with E-state index in [9.17, 15) is 8.42 Å². The molecule has 1 fully saturated rings. The van der Waals surface area contributed by atoms with Crippen LogP contribution in [0.1, 0.15) is 30.1 Å². The first-order valence-electron chi connectivity index (χ1n) is 12.6. The summed E-state index contributed by atoms with van der Waals surface area (Å²) >= 11 is 0. The normalized spacial score (nSPS) is 15.9. The molecule has 0 aliphatic carbocycles. The Labute approximate surface area is 220 Å². The minimum Gasteiger partial charge on any atom is -0.381 e. The molecular weight excluding hydrogens is 505 g/mol. The van der Waals surface area contributed by atoms with Gasteiger partial charge in [0.05, 0.1) is 38.9 Å². The van der Waals surface area contributed by atoms with Gasteiger partial charge in [-0.2, -0.15) is 0 Å². The molecule has 1 aliphatic heterocycles. The Morgan fingerprint density at radius 3 is 2.53 bits per heavy atom. The van der Waals surface area contributed by atoms with Gasteiger partial charge < -0.3 is 9.30 Å². The number of hydrogen-bond donors (Lipinski definition) is 0. The molecule has 0 amide bonds. The minimum absolute atomic E-state index is 0.0742. The summed E-state index contributed by atoms with van der Waals surface area (Å²) in [5.41, 5.74) is 4.92. The van der Waals surface area contributed by atoms with Crippen LogP contribution in [0.3, 0.4) is 0 Å². The molecule has 1 atom stereocenters. The van der Waals surface area contributed by atoms with Gasteiger partial charge in [-0.3, -0.25) is 4.98 Å². The highest BCUT2D eigenvalue weighted by atomic mass is 32.2. The molecule has 3 aromatic heterocycles. The first kappa shape index (κ1) is 24.7. The average Bonchev–Trinajstić information content (AvgIpc) is 3.41. The van der Waals surface area contributed by atoms with Gasteiger partial charge in [0.15, 0.2) is 9.84 Å². The van der Waals surface area contributed by atoms with E-state index in [1.807, 2.05) is 38.2 Å². The zero-order valence-electron chi connectivity index (χ0n) is 21.4. The number of aromatic nitrogens is 5. The van der Waals surface area contributed by atoms with E-state index >= 15 is 4.39 Å². The molecule has 10 heteroatoms. The van der Waals surface area contributed by atoms with Crippen molar-refractivity contribution in [1.82, 2.24) is 24.5 Å². The van der Waals surface area contributed by atoms with Gasteiger partial charge in [0.25, 0.3) is 0 Å². The molecule has 8 nitrogen and oxygen atoms in total. The van der Waals surface area contributed by atoms with Crippen LogP contribution in [0.2, 0.25) is 0 Å². The third-order valence-corrected chi connectivity index (χ3v) is 8.65. The standard InChI is InChI=1S/C28H28FN5O3S/c1-17-27(33(2)32-31-17)19-15-23-26(30-16-19)25-22(9-6-10-24(25)38(3,35)36)34(23)28(18-11-13-37-14-12-18)20-7-4-5-8-21(20)29/h4-10,15-16,18,28H,11-14H2,1-3H3. The Kier molecular flexibility index (Phi) is 6.03. The van der Waals surface area contributed by atoms with Gasteiger partial charge in [-0.05, 0) is 49.9 Å². The molecule has 0 spiro atoms. The fourth-order valence-electron chi connectivity index (χ4n) is 5.86. The zero-order valence-corrected chi connectivity index (χ0v) is 22.2. The highest BCUT2D eigenvalue weighted by Gasteiger charge is 2.33. The van der Waals surface area contributed by atoms with Gasteiger partial charge in [-0.25, -0.2) is 17.5 Å². The third-order valence-electron chi connectivity index (χ3n) is 7.51. The number of halogens is 1. The Morgan fingerprint density at radius 2 is 1.84 bits per heavy atom. The molecular formula is C28H28FN5O3S. The molecule has 0 saturated carbocycles. The minimum atomic E-state index is -3.57. The number of nitrogens with zero attached hydrogens (tertiary/aromatic N) is 5. The molecule has 196 valence electrons. The zero-order chi connectivity index (χ0) is 26.6. The summed E-state index contributed by atoms with van der Waals surface area (Å²) in [6.07, 6.45) is 4.44. The van der Waals surface area contributed by atoms with Crippen molar-refractivity contribution in [1.29, 1.82) is 0 Å². The third kappa shape index (κ3) is 3.99. The lowest BCUT2D eigenvalue weighted by atomic mass is 9.86. The van der Waals surface area contributed by atoms with Crippen LogP contribution >= 0.6 is 0 Å². The Bertz CT molecular complexity index is 1770.